The first-order valence-electron chi connectivity index (χ1n) is 8.57. The van der Waals surface area contributed by atoms with Crippen LogP contribution in [-0.4, -0.2) is 23.3 Å². The average Bonchev–Trinajstić information content (AvgIpc) is 3.00. The lowest BCUT2D eigenvalue weighted by atomic mass is 10.0. The molecule has 5 nitrogen and oxygen atoms in total. The lowest BCUT2D eigenvalue weighted by Crippen LogP contribution is -2.31. The van der Waals surface area contributed by atoms with Crippen LogP contribution in [0.4, 0.5) is 11.4 Å². The summed E-state index contributed by atoms with van der Waals surface area (Å²) in [7, 11) is 0. The van der Waals surface area contributed by atoms with E-state index in [0.29, 0.717) is 23.5 Å². The second-order valence-electron chi connectivity index (χ2n) is 6.31. The van der Waals surface area contributed by atoms with E-state index in [4.69, 9.17) is 5.73 Å². The van der Waals surface area contributed by atoms with Crippen molar-refractivity contribution in [1.82, 2.24) is 4.90 Å². The zero-order chi connectivity index (χ0) is 18.0. The summed E-state index contributed by atoms with van der Waals surface area (Å²) in [6.45, 7) is 4.29. The molecule has 130 valence electrons. The Morgan fingerprint density at radius 2 is 2.00 bits per heavy atom. The number of hydrogen-bond acceptors (Lipinski definition) is 3. The number of aryl methyl sites for hydroxylation is 1. The van der Waals surface area contributed by atoms with Gasteiger partial charge in [-0.05, 0) is 55.2 Å². The van der Waals surface area contributed by atoms with E-state index in [-0.39, 0.29) is 17.9 Å². The van der Waals surface area contributed by atoms with Crippen molar-refractivity contribution in [1.29, 1.82) is 0 Å². The van der Waals surface area contributed by atoms with E-state index in [0.717, 1.165) is 24.0 Å². The van der Waals surface area contributed by atoms with Gasteiger partial charge in [-0.2, -0.15) is 0 Å². The van der Waals surface area contributed by atoms with E-state index in [1.54, 1.807) is 19.1 Å². The van der Waals surface area contributed by atoms with Gasteiger partial charge in [-0.25, -0.2) is 0 Å². The van der Waals surface area contributed by atoms with E-state index in [2.05, 4.69) is 5.32 Å². The number of nitrogens with two attached hydrogens (primary N) is 1. The highest BCUT2D eigenvalue weighted by molar-refractivity contribution is 6.05. The van der Waals surface area contributed by atoms with Crippen LogP contribution >= 0.6 is 0 Å². The van der Waals surface area contributed by atoms with Crippen LogP contribution in [0.15, 0.2) is 42.5 Å². The fourth-order valence-electron chi connectivity index (χ4n) is 3.53. The number of amides is 2. The van der Waals surface area contributed by atoms with Crippen LogP contribution in [0.1, 0.15) is 47.8 Å². The predicted molar refractivity (Wildman–Crippen MR) is 99.4 cm³/mol. The summed E-state index contributed by atoms with van der Waals surface area (Å²) in [6.07, 6.45) is 1.78. The molecule has 1 atom stereocenters. The normalized spacial score (nSPS) is 15.5. The maximum atomic E-state index is 12.5. The van der Waals surface area contributed by atoms with Gasteiger partial charge in [0.05, 0.1) is 17.4 Å². The van der Waals surface area contributed by atoms with Crippen molar-refractivity contribution < 1.29 is 9.59 Å². The van der Waals surface area contributed by atoms with Crippen LogP contribution in [-0.2, 0) is 11.2 Å². The van der Waals surface area contributed by atoms with Gasteiger partial charge in [0.15, 0.2) is 0 Å². The summed E-state index contributed by atoms with van der Waals surface area (Å²) in [6, 6.07) is 13.0. The van der Waals surface area contributed by atoms with E-state index >= 15 is 0 Å². The molecular weight excluding hydrogens is 314 g/mol. The Hall–Kier alpha value is -2.82. The zero-order valence-corrected chi connectivity index (χ0v) is 14.6. The Morgan fingerprint density at radius 1 is 1.24 bits per heavy atom. The molecule has 2 aromatic carbocycles. The van der Waals surface area contributed by atoms with Crippen LogP contribution in [0.3, 0.4) is 0 Å². The summed E-state index contributed by atoms with van der Waals surface area (Å²) in [5, 5.41) is 2.85. The van der Waals surface area contributed by atoms with Crippen molar-refractivity contribution in [2.45, 2.75) is 32.7 Å². The first-order valence-corrected chi connectivity index (χ1v) is 8.57. The van der Waals surface area contributed by atoms with Gasteiger partial charge < -0.3 is 16.0 Å². The van der Waals surface area contributed by atoms with Gasteiger partial charge in [-0.1, -0.05) is 18.2 Å². The van der Waals surface area contributed by atoms with Gasteiger partial charge in [0, 0.05) is 19.0 Å². The molecule has 3 N–H and O–H groups in total. The van der Waals surface area contributed by atoms with Crippen molar-refractivity contribution in [3.8, 4) is 0 Å². The number of carbonyl (C=O) groups excluding carboxylic acids is 2. The van der Waals surface area contributed by atoms with Crippen molar-refractivity contribution in [2.75, 3.05) is 17.6 Å². The molecular formula is C20H23N3O2. The summed E-state index contributed by atoms with van der Waals surface area (Å²) in [5.41, 5.74) is 9.92. The molecule has 2 amide bonds. The highest BCUT2D eigenvalue weighted by Crippen LogP contribution is 2.36. The Labute approximate surface area is 147 Å². The fraction of sp³-hybridized carbons (Fsp3) is 0.300. The van der Waals surface area contributed by atoms with Crippen LogP contribution in [0.5, 0.6) is 0 Å². The molecule has 3 rings (SSSR count). The molecule has 0 spiro atoms. The first kappa shape index (κ1) is 17.0. The highest BCUT2D eigenvalue weighted by Gasteiger charge is 2.29. The molecule has 1 aliphatic rings. The summed E-state index contributed by atoms with van der Waals surface area (Å²) in [5.74, 6) is -0.0928. The maximum Gasteiger partial charge on any atom is 0.255 e. The third kappa shape index (κ3) is 3.36. The summed E-state index contributed by atoms with van der Waals surface area (Å²) < 4.78 is 0. The second-order valence-corrected chi connectivity index (χ2v) is 6.31. The van der Waals surface area contributed by atoms with E-state index in [1.807, 2.05) is 42.2 Å². The number of nitrogens with zero attached hydrogens (tertiary/aromatic N) is 1. The Balaban J connectivity index is 1.82. The van der Waals surface area contributed by atoms with Gasteiger partial charge >= 0.3 is 0 Å². The molecule has 0 aromatic heterocycles. The number of rotatable bonds is 4. The van der Waals surface area contributed by atoms with Crippen molar-refractivity contribution in [2.24, 2.45) is 0 Å². The topological polar surface area (TPSA) is 75.4 Å². The minimum absolute atomic E-state index is 0.0849. The molecule has 25 heavy (non-hydrogen) atoms. The van der Waals surface area contributed by atoms with Gasteiger partial charge in [-0.15, -0.1) is 0 Å². The molecule has 2 aromatic rings. The predicted octanol–water partition coefficient (Wildman–Crippen LogP) is 3.38. The number of nitrogens with one attached hydrogen (secondary N) is 1. The molecule has 0 bridgehead atoms. The quantitative estimate of drug-likeness (QED) is 0.840. The van der Waals surface area contributed by atoms with Crippen molar-refractivity contribution >= 4 is 23.2 Å². The minimum Gasteiger partial charge on any atom is -0.397 e. The fourth-order valence-corrected chi connectivity index (χ4v) is 3.53. The highest BCUT2D eigenvalue weighted by atomic mass is 16.2. The molecule has 5 heteroatoms. The molecule has 0 fully saturated rings. The minimum atomic E-state index is -0.178. The number of anilines is 2. The first-order chi connectivity index (χ1) is 12.0. The lowest BCUT2D eigenvalue weighted by Gasteiger charge is -2.27. The van der Waals surface area contributed by atoms with Gasteiger partial charge in [0.1, 0.15) is 0 Å². The third-order valence-electron chi connectivity index (χ3n) is 4.78. The largest absolute Gasteiger partial charge is 0.397 e. The number of fused-ring (bicyclic) bond motifs is 1. The Kier molecular flexibility index (Phi) is 4.74. The summed E-state index contributed by atoms with van der Waals surface area (Å²) in [4.78, 5) is 26.2. The number of para-hydroxylation sites is 2. The van der Waals surface area contributed by atoms with Crippen LogP contribution in [0.25, 0.3) is 0 Å². The van der Waals surface area contributed by atoms with Crippen LogP contribution < -0.4 is 11.1 Å². The monoisotopic (exact) mass is 337 g/mol. The molecule has 0 saturated heterocycles. The standard InChI is InChI=1S/C20H23N3O2/c1-3-23(13(2)24)19-11-9-14-12-15(8-10-16(14)19)20(25)22-18-7-5-4-6-17(18)21/h4-8,10,12,19H,3,9,11,21H2,1-2H3,(H,22,25). The molecule has 0 radical (unpaired) electrons. The molecule has 1 aliphatic carbocycles. The summed E-state index contributed by atoms with van der Waals surface area (Å²) >= 11 is 0. The maximum absolute atomic E-state index is 12.5. The van der Waals surface area contributed by atoms with Crippen molar-refractivity contribution in [3.05, 3.63) is 59.2 Å². The van der Waals surface area contributed by atoms with Gasteiger partial charge in [0.2, 0.25) is 5.91 Å². The van der Waals surface area contributed by atoms with Crippen LogP contribution in [0.2, 0.25) is 0 Å². The number of hydrogen-bond donors (Lipinski definition) is 2. The van der Waals surface area contributed by atoms with Crippen molar-refractivity contribution in [3.63, 3.8) is 0 Å². The lowest BCUT2D eigenvalue weighted by molar-refractivity contribution is -0.131. The van der Waals surface area contributed by atoms with E-state index in [1.165, 1.54) is 0 Å². The average molecular weight is 337 g/mol. The van der Waals surface area contributed by atoms with E-state index < -0.39 is 0 Å². The molecule has 0 aliphatic heterocycles. The second kappa shape index (κ2) is 6.97. The molecule has 0 saturated carbocycles. The number of carbonyl (C=O) groups is 2. The van der Waals surface area contributed by atoms with Crippen LogP contribution in [0, 0.1) is 0 Å². The number of benzene rings is 2. The third-order valence-corrected chi connectivity index (χ3v) is 4.78. The molecule has 1 unspecified atom stereocenters. The SMILES string of the molecule is CCN(C(C)=O)C1CCc2cc(C(=O)Nc3ccccc3N)ccc21. The Bertz CT molecular complexity index is 816. The molecule has 0 heterocycles. The number of nitrogen functional groups attached to an aromatic ring is 1. The van der Waals surface area contributed by atoms with Gasteiger partial charge in [-0.3, -0.25) is 9.59 Å². The zero-order valence-electron chi connectivity index (χ0n) is 14.6. The smallest absolute Gasteiger partial charge is 0.255 e. The van der Waals surface area contributed by atoms with E-state index in [9.17, 15) is 9.59 Å². The Morgan fingerprint density at radius 3 is 2.68 bits per heavy atom. The van der Waals surface area contributed by atoms with Gasteiger partial charge in [0.25, 0.3) is 5.91 Å².